The maximum absolute atomic E-state index is 12.6. The van der Waals surface area contributed by atoms with Gasteiger partial charge >= 0.3 is 6.18 Å². The van der Waals surface area contributed by atoms with Gasteiger partial charge in [0.15, 0.2) is 0 Å². The first-order valence-electron chi connectivity index (χ1n) is 11.3. The average molecular weight is 480 g/mol. The number of amides is 1. The van der Waals surface area contributed by atoms with Crippen LogP contribution in [-0.2, 0) is 22.3 Å². The summed E-state index contributed by atoms with van der Waals surface area (Å²) < 4.78 is 43.3. The van der Waals surface area contributed by atoms with Gasteiger partial charge in [0.2, 0.25) is 5.91 Å². The number of anilines is 1. The van der Waals surface area contributed by atoms with E-state index in [9.17, 15) is 23.1 Å². The van der Waals surface area contributed by atoms with Crippen molar-refractivity contribution < 1.29 is 27.8 Å². The monoisotopic (exact) mass is 479 g/mol. The molecule has 1 unspecified atom stereocenters. The van der Waals surface area contributed by atoms with Crippen molar-refractivity contribution in [2.45, 2.75) is 32.7 Å². The molecular weight excluding hydrogens is 447 g/mol. The molecule has 3 rings (SSSR count). The molecule has 1 aliphatic heterocycles. The molecule has 1 atom stereocenters. The van der Waals surface area contributed by atoms with Crippen LogP contribution in [0.4, 0.5) is 18.9 Å². The van der Waals surface area contributed by atoms with Crippen LogP contribution in [0.3, 0.4) is 0 Å². The van der Waals surface area contributed by atoms with E-state index < -0.39 is 17.8 Å². The number of alkyl halides is 3. The first-order chi connectivity index (χ1) is 16.1. The normalized spacial score (nSPS) is 16.4. The minimum absolute atomic E-state index is 0.0393. The van der Waals surface area contributed by atoms with Gasteiger partial charge in [0.05, 0.1) is 31.4 Å². The van der Waals surface area contributed by atoms with E-state index in [1.165, 1.54) is 12.1 Å². The lowest BCUT2D eigenvalue weighted by Crippen LogP contribution is -2.50. The van der Waals surface area contributed by atoms with E-state index in [-0.39, 0.29) is 19.1 Å². The third-order valence-electron chi connectivity index (χ3n) is 5.91. The number of aliphatic hydroxyl groups excluding tert-OH is 1. The zero-order valence-corrected chi connectivity index (χ0v) is 19.6. The molecule has 186 valence electrons. The van der Waals surface area contributed by atoms with Gasteiger partial charge in [0, 0.05) is 38.4 Å². The maximum Gasteiger partial charge on any atom is 0.416 e. The number of halogens is 3. The fourth-order valence-corrected chi connectivity index (χ4v) is 3.98. The van der Waals surface area contributed by atoms with Crippen molar-refractivity contribution >= 4 is 11.6 Å². The molecular formula is C25H32F3N3O3. The Kier molecular flexibility index (Phi) is 9.07. The highest BCUT2D eigenvalue weighted by Crippen LogP contribution is 2.29. The van der Waals surface area contributed by atoms with E-state index in [0.717, 1.165) is 55.1 Å². The van der Waals surface area contributed by atoms with Crippen LogP contribution >= 0.6 is 0 Å². The second-order valence-corrected chi connectivity index (χ2v) is 8.76. The van der Waals surface area contributed by atoms with E-state index in [0.29, 0.717) is 18.7 Å². The van der Waals surface area contributed by atoms with Gasteiger partial charge < -0.3 is 15.2 Å². The summed E-state index contributed by atoms with van der Waals surface area (Å²) in [6.45, 7) is 7.84. The molecule has 1 saturated heterocycles. The third-order valence-corrected chi connectivity index (χ3v) is 5.91. The molecule has 0 saturated carbocycles. The van der Waals surface area contributed by atoms with Crippen molar-refractivity contribution in [3.63, 3.8) is 0 Å². The summed E-state index contributed by atoms with van der Waals surface area (Å²) >= 11 is 0. The van der Waals surface area contributed by atoms with Gasteiger partial charge in [-0.1, -0.05) is 30.3 Å². The number of piperazine rings is 1. The van der Waals surface area contributed by atoms with Gasteiger partial charge in [0.25, 0.3) is 0 Å². The van der Waals surface area contributed by atoms with Gasteiger partial charge in [-0.05, 0) is 42.7 Å². The van der Waals surface area contributed by atoms with Crippen LogP contribution in [0.5, 0.6) is 0 Å². The summed E-state index contributed by atoms with van der Waals surface area (Å²) in [6, 6.07) is 10.7. The predicted octanol–water partition coefficient (Wildman–Crippen LogP) is 3.46. The highest BCUT2D eigenvalue weighted by molar-refractivity contribution is 5.93. The Morgan fingerprint density at radius 1 is 1.03 bits per heavy atom. The number of aliphatic hydroxyl groups is 1. The molecule has 1 fully saturated rings. The van der Waals surface area contributed by atoms with Gasteiger partial charge in [-0.3, -0.25) is 14.6 Å². The van der Waals surface area contributed by atoms with E-state index >= 15 is 0 Å². The van der Waals surface area contributed by atoms with E-state index in [1.54, 1.807) is 0 Å². The molecule has 1 heterocycles. The first-order valence-corrected chi connectivity index (χ1v) is 11.3. The molecule has 34 heavy (non-hydrogen) atoms. The van der Waals surface area contributed by atoms with Crippen LogP contribution in [0, 0.1) is 13.8 Å². The molecule has 0 spiro atoms. The smallest absolute Gasteiger partial charge is 0.389 e. The molecule has 0 bridgehead atoms. The minimum atomic E-state index is -4.36. The number of rotatable bonds is 9. The molecule has 0 aliphatic carbocycles. The van der Waals surface area contributed by atoms with Gasteiger partial charge in [-0.15, -0.1) is 0 Å². The molecule has 9 heteroatoms. The van der Waals surface area contributed by atoms with Crippen molar-refractivity contribution in [1.82, 2.24) is 9.80 Å². The van der Waals surface area contributed by atoms with E-state index in [2.05, 4.69) is 15.1 Å². The number of nitrogens with one attached hydrogen (secondary N) is 1. The lowest BCUT2D eigenvalue weighted by Gasteiger charge is -2.35. The van der Waals surface area contributed by atoms with Gasteiger partial charge in [0.1, 0.15) is 0 Å². The zero-order chi connectivity index (χ0) is 24.7. The second kappa shape index (κ2) is 11.8. The Labute approximate surface area is 198 Å². The number of hydrogen-bond acceptors (Lipinski definition) is 5. The Bertz CT molecular complexity index is 922. The standard InChI is InChI=1S/C25H32F3N3O3/c1-18-4-3-5-19(2)24(18)29-23(33)15-31-12-10-30(11-13-31)14-22(32)17-34-16-20-6-8-21(9-7-20)25(26,27)28/h3-9,22,32H,10-17H2,1-2H3,(H,29,33). The number of benzene rings is 2. The topological polar surface area (TPSA) is 65.0 Å². The van der Waals surface area contributed by atoms with Crippen molar-refractivity contribution in [2.24, 2.45) is 0 Å². The summed E-state index contributed by atoms with van der Waals surface area (Å²) in [7, 11) is 0. The molecule has 6 nitrogen and oxygen atoms in total. The van der Waals surface area contributed by atoms with Crippen LogP contribution < -0.4 is 5.32 Å². The van der Waals surface area contributed by atoms with Crippen LogP contribution in [0.15, 0.2) is 42.5 Å². The predicted molar refractivity (Wildman–Crippen MR) is 125 cm³/mol. The summed E-state index contributed by atoms with van der Waals surface area (Å²) in [4.78, 5) is 16.7. The fraction of sp³-hybridized carbons (Fsp3) is 0.480. The number of β-amino-alcohol motifs (C(OH)–C–C–N with tert-alkyl or cyclic N) is 1. The Morgan fingerprint density at radius 3 is 2.21 bits per heavy atom. The largest absolute Gasteiger partial charge is 0.416 e. The van der Waals surface area contributed by atoms with Crippen molar-refractivity contribution in [2.75, 3.05) is 51.2 Å². The van der Waals surface area contributed by atoms with Crippen molar-refractivity contribution in [1.29, 1.82) is 0 Å². The molecule has 1 aliphatic rings. The summed E-state index contributed by atoms with van der Waals surface area (Å²) in [5.74, 6) is -0.0393. The molecule has 2 aromatic carbocycles. The Balaban J connectivity index is 1.33. The van der Waals surface area contributed by atoms with Crippen LogP contribution in [-0.4, -0.2) is 72.8 Å². The van der Waals surface area contributed by atoms with E-state index in [1.807, 2.05) is 32.0 Å². The lowest BCUT2D eigenvalue weighted by molar-refractivity contribution is -0.137. The van der Waals surface area contributed by atoms with Crippen molar-refractivity contribution in [3.05, 3.63) is 64.7 Å². The number of carbonyl (C=O) groups is 1. The van der Waals surface area contributed by atoms with Crippen LogP contribution in [0.1, 0.15) is 22.3 Å². The van der Waals surface area contributed by atoms with Crippen LogP contribution in [0.25, 0.3) is 0 Å². The fourth-order valence-electron chi connectivity index (χ4n) is 3.98. The Morgan fingerprint density at radius 2 is 1.62 bits per heavy atom. The maximum atomic E-state index is 12.6. The number of ether oxygens (including phenoxy) is 1. The summed E-state index contributed by atoms with van der Waals surface area (Å²) in [5.41, 5.74) is 2.86. The summed E-state index contributed by atoms with van der Waals surface area (Å²) in [6.07, 6.45) is -5.06. The number of para-hydroxylation sites is 1. The summed E-state index contributed by atoms with van der Waals surface area (Å²) in [5, 5.41) is 13.3. The highest BCUT2D eigenvalue weighted by Gasteiger charge is 2.30. The van der Waals surface area contributed by atoms with E-state index in [4.69, 9.17) is 4.74 Å². The molecule has 1 amide bonds. The molecule has 2 aromatic rings. The molecule has 0 radical (unpaired) electrons. The second-order valence-electron chi connectivity index (χ2n) is 8.76. The average Bonchev–Trinajstić information content (AvgIpc) is 2.77. The van der Waals surface area contributed by atoms with Crippen molar-refractivity contribution in [3.8, 4) is 0 Å². The van der Waals surface area contributed by atoms with Crippen LogP contribution in [0.2, 0.25) is 0 Å². The molecule has 0 aromatic heterocycles. The SMILES string of the molecule is Cc1cccc(C)c1NC(=O)CN1CCN(CC(O)COCc2ccc(C(F)(F)F)cc2)CC1. The zero-order valence-electron chi connectivity index (χ0n) is 19.6. The third kappa shape index (κ3) is 7.80. The Hall–Kier alpha value is -2.46. The highest BCUT2D eigenvalue weighted by atomic mass is 19.4. The minimum Gasteiger partial charge on any atom is -0.389 e. The van der Waals surface area contributed by atoms with Gasteiger partial charge in [-0.2, -0.15) is 13.2 Å². The number of carbonyl (C=O) groups excluding carboxylic acids is 1. The number of hydrogen-bond donors (Lipinski definition) is 2. The molecule has 2 N–H and O–H groups in total. The number of aryl methyl sites for hydroxylation is 2. The lowest BCUT2D eigenvalue weighted by atomic mass is 10.1. The number of nitrogens with zero attached hydrogens (tertiary/aromatic N) is 2. The first kappa shape index (κ1) is 26.2. The quantitative estimate of drug-likeness (QED) is 0.577. The van der Waals surface area contributed by atoms with Gasteiger partial charge in [-0.25, -0.2) is 0 Å².